The molecule has 33 heavy (non-hydrogen) atoms. The molecule has 3 heterocycles. The van der Waals surface area contributed by atoms with Gasteiger partial charge in [0.15, 0.2) is 5.82 Å². The first-order valence-electron chi connectivity index (χ1n) is 12.7. The summed E-state index contributed by atoms with van der Waals surface area (Å²) in [6.45, 7) is 11.8. The number of pyridine rings is 1. The molecule has 1 aromatic carbocycles. The topological polar surface area (TPSA) is 63.2 Å². The largest absolute Gasteiger partial charge is 0.382 e. The highest BCUT2D eigenvalue weighted by Crippen LogP contribution is 2.32. The van der Waals surface area contributed by atoms with E-state index in [2.05, 4.69) is 46.4 Å². The number of aryl methyl sites for hydroxylation is 2. The molecule has 0 radical (unpaired) electrons. The molecule has 0 bridgehead atoms. The first-order chi connectivity index (χ1) is 16.0. The van der Waals surface area contributed by atoms with Gasteiger partial charge in [-0.3, -0.25) is 9.29 Å². The molecule has 1 saturated heterocycles. The second-order valence-electron chi connectivity index (χ2n) is 9.58. The van der Waals surface area contributed by atoms with Crippen LogP contribution in [0.1, 0.15) is 52.3 Å². The lowest BCUT2D eigenvalue weighted by Crippen LogP contribution is -2.47. The van der Waals surface area contributed by atoms with Crippen LogP contribution in [0.4, 0.5) is 15.9 Å². The quantitative estimate of drug-likeness (QED) is 0.465. The number of nitrogens with zero attached hydrogens (tertiary/aromatic N) is 5. The highest BCUT2D eigenvalue weighted by Gasteiger charge is 2.21. The number of nitrogen functional groups attached to an aromatic ring is 1. The zero-order valence-corrected chi connectivity index (χ0v) is 20.5. The van der Waals surface area contributed by atoms with Crippen molar-refractivity contribution in [2.24, 2.45) is 5.92 Å². The van der Waals surface area contributed by atoms with Crippen LogP contribution >= 0.6 is 0 Å². The second-order valence-corrected chi connectivity index (χ2v) is 9.58. The van der Waals surface area contributed by atoms with Crippen LogP contribution in [-0.4, -0.2) is 58.8 Å². The lowest BCUT2D eigenvalue weighted by atomic mass is 10.1. The molecule has 1 fully saturated rings. The third-order valence-electron chi connectivity index (χ3n) is 6.83. The Morgan fingerprint density at radius 3 is 2.52 bits per heavy atom. The Hall–Kier alpha value is -2.41. The molecule has 2 aromatic heterocycles. The van der Waals surface area contributed by atoms with E-state index in [1.165, 1.54) is 5.69 Å². The summed E-state index contributed by atoms with van der Waals surface area (Å²) in [4.78, 5) is 14.5. The van der Waals surface area contributed by atoms with E-state index in [1.807, 2.05) is 6.92 Å². The molecule has 1 aliphatic heterocycles. The van der Waals surface area contributed by atoms with Crippen molar-refractivity contribution in [3.63, 3.8) is 0 Å². The Morgan fingerprint density at radius 1 is 1.06 bits per heavy atom. The van der Waals surface area contributed by atoms with E-state index in [9.17, 15) is 4.39 Å². The number of fused-ring (bicyclic) bond motifs is 3. The summed E-state index contributed by atoms with van der Waals surface area (Å²) < 4.78 is 15.3. The van der Waals surface area contributed by atoms with Gasteiger partial charge < -0.3 is 15.2 Å². The summed E-state index contributed by atoms with van der Waals surface area (Å²) in [6, 6.07) is 6.53. The van der Waals surface area contributed by atoms with Crippen LogP contribution < -0.4 is 10.6 Å². The van der Waals surface area contributed by atoms with Gasteiger partial charge in [-0.2, -0.15) is 0 Å². The van der Waals surface area contributed by atoms with Gasteiger partial charge in [-0.05, 0) is 37.0 Å². The second kappa shape index (κ2) is 10.7. The fourth-order valence-electron chi connectivity index (χ4n) is 4.90. The predicted octanol–water partition coefficient (Wildman–Crippen LogP) is 5.04. The van der Waals surface area contributed by atoms with Gasteiger partial charge in [-0.15, -0.1) is 0 Å². The predicted molar refractivity (Wildman–Crippen MR) is 137 cm³/mol. The average molecular weight is 455 g/mol. The van der Waals surface area contributed by atoms with Crippen LogP contribution in [0.5, 0.6) is 0 Å². The number of anilines is 2. The Morgan fingerprint density at radius 2 is 1.82 bits per heavy atom. The van der Waals surface area contributed by atoms with Gasteiger partial charge in [-0.1, -0.05) is 33.6 Å². The number of aromatic nitrogens is 3. The lowest BCUT2D eigenvalue weighted by Gasteiger charge is -2.37. The molecule has 7 heteroatoms. The molecule has 180 valence electrons. The molecule has 0 saturated carbocycles. The summed E-state index contributed by atoms with van der Waals surface area (Å²) in [7, 11) is 0. The normalized spacial score (nSPS) is 16.2. The van der Waals surface area contributed by atoms with E-state index in [0.717, 1.165) is 99.1 Å². The van der Waals surface area contributed by atoms with Crippen molar-refractivity contribution in [2.75, 3.05) is 50.0 Å². The van der Waals surface area contributed by atoms with Crippen molar-refractivity contribution in [3.05, 3.63) is 24.0 Å². The van der Waals surface area contributed by atoms with Crippen molar-refractivity contribution in [2.45, 2.75) is 59.4 Å². The van der Waals surface area contributed by atoms with Crippen LogP contribution in [0.3, 0.4) is 0 Å². The highest BCUT2D eigenvalue weighted by molar-refractivity contribution is 6.07. The van der Waals surface area contributed by atoms with Crippen molar-refractivity contribution in [3.8, 4) is 0 Å². The number of unbranched alkanes of at least 4 members (excludes halogenated alkanes) is 2. The summed E-state index contributed by atoms with van der Waals surface area (Å²) >= 11 is 0. The van der Waals surface area contributed by atoms with Crippen molar-refractivity contribution < 1.29 is 4.39 Å². The first kappa shape index (κ1) is 23.7. The van der Waals surface area contributed by atoms with E-state index in [0.29, 0.717) is 5.82 Å². The molecule has 1 unspecified atom stereocenters. The zero-order chi connectivity index (χ0) is 23.4. The molecule has 6 nitrogen and oxygen atoms in total. The van der Waals surface area contributed by atoms with Gasteiger partial charge in [0.2, 0.25) is 0 Å². The van der Waals surface area contributed by atoms with Gasteiger partial charge in [0.05, 0.1) is 17.7 Å². The number of rotatable bonds is 10. The maximum absolute atomic E-state index is 12.9. The molecule has 1 atom stereocenters. The fourth-order valence-corrected chi connectivity index (χ4v) is 4.90. The van der Waals surface area contributed by atoms with Crippen molar-refractivity contribution >= 4 is 33.4 Å². The van der Waals surface area contributed by atoms with E-state index >= 15 is 0 Å². The molecule has 0 aliphatic carbocycles. The molecule has 2 N–H and O–H groups in total. The highest BCUT2D eigenvalue weighted by atomic mass is 19.1. The standard InChI is InChI=1S/C26H39FN6/c1-4-6-8-23-30-24-25(33(23)11-7-5-2)21-16-20(9-10-22(21)29-26(24)28)32-14-12-31(13-15-32)18-19(3)17-27/h9-10,16,19H,4-8,11-15,17-18H2,1-3H3,(H2,28,29). The van der Waals surface area contributed by atoms with Crippen LogP contribution in [0.15, 0.2) is 18.2 Å². The third-order valence-corrected chi connectivity index (χ3v) is 6.83. The maximum Gasteiger partial charge on any atom is 0.152 e. The number of piperazine rings is 1. The molecule has 3 aromatic rings. The van der Waals surface area contributed by atoms with E-state index < -0.39 is 0 Å². The van der Waals surface area contributed by atoms with Crippen molar-refractivity contribution in [1.82, 2.24) is 19.4 Å². The van der Waals surface area contributed by atoms with Gasteiger partial charge in [-0.25, -0.2) is 9.97 Å². The summed E-state index contributed by atoms with van der Waals surface area (Å²) in [5, 5.41) is 1.14. The third kappa shape index (κ3) is 5.08. The van der Waals surface area contributed by atoms with Gasteiger partial charge >= 0.3 is 0 Å². The van der Waals surface area contributed by atoms with Gasteiger partial charge in [0.1, 0.15) is 11.3 Å². The zero-order valence-electron chi connectivity index (χ0n) is 20.5. The molecular formula is C26H39FN6. The number of nitrogens with two attached hydrogens (primary N) is 1. The average Bonchev–Trinajstić information content (AvgIpc) is 3.21. The number of hydrogen-bond donors (Lipinski definition) is 1. The van der Waals surface area contributed by atoms with Gasteiger partial charge in [0, 0.05) is 56.8 Å². The summed E-state index contributed by atoms with van der Waals surface area (Å²) in [6.07, 6.45) is 5.49. The summed E-state index contributed by atoms with van der Waals surface area (Å²) in [5.74, 6) is 1.75. The fraction of sp³-hybridized carbons (Fsp3) is 0.615. The molecular weight excluding hydrogens is 415 g/mol. The Bertz CT molecular complexity index is 1070. The number of hydrogen-bond acceptors (Lipinski definition) is 5. The van der Waals surface area contributed by atoms with Crippen LogP contribution in [0.25, 0.3) is 21.9 Å². The van der Waals surface area contributed by atoms with Crippen LogP contribution in [0.2, 0.25) is 0 Å². The summed E-state index contributed by atoms with van der Waals surface area (Å²) in [5.41, 5.74) is 10.5. The minimum Gasteiger partial charge on any atom is -0.382 e. The SMILES string of the molecule is CCCCc1nc2c(N)nc3ccc(N4CCN(CC(C)CF)CC4)cc3c2n1CCCC. The number of imidazole rings is 1. The number of alkyl halides is 1. The Kier molecular flexibility index (Phi) is 7.68. The smallest absolute Gasteiger partial charge is 0.152 e. The van der Waals surface area contributed by atoms with E-state index in [4.69, 9.17) is 15.7 Å². The lowest BCUT2D eigenvalue weighted by molar-refractivity contribution is 0.206. The van der Waals surface area contributed by atoms with E-state index in [1.54, 1.807) is 0 Å². The molecule has 4 rings (SSSR count). The molecule has 0 spiro atoms. The van der Waals surface area contributed by atoms with Crippen molar-refractivity contribution in [1.29, 1.82) is 0 Å². The molecule has 1 aliphatic rings. The number of benzene rings is 1. The molecule has 0 amide bonds. The first-order valence-corrected chi connectivity index (χ1v) is 12.7. The Labute approximate surface area is 197 Å². The Balaban J connectivity index is 1.69. The number of halogens is 1. The van der Waals surface area contributed by atoms with Crippen LogP contribution in [0, 0.1) is 5.92 Å². The van der Waals surface area contributed by atoms with Gasteiger partial charge in [0.25, 0.3) is 0 Å². The van der Waals surface area contributed by atoms with E-state index in [-0.39, 0.29) is 12.6 Å². The minimum atomic E-state index is -0.247. The minimum absolute atomic E-state index is 0.104. The van der Waals surface area contributed by atoms with Crippen LogP contribution in [-0.2, 0) is 13.0 Å². The monoisotopic (exact) mass is 454 g/mol. The maximum atomic E-state index is 12.9.